The zero-order valence-electron chi connectivity index (χ0n) is 17.3. The lowest BCUT2D eigenvalue weighted by atomic mass is 10.00. The summed E-state index contributed by atoms with van der Waals surface area (Å²) < 4.78 is 0. The molecule has 0 N–H and O–H groups in total. The fourth-order valence-electron chi connectivity index (χ4n) is 3.49. The number of hydrazine groups is 1. The van der Waals surface area contributed by atoms with Gasteiger partial charge in [-0.15, -0.1) is 11.6 Å². The van der Waals surface area contributed by atoms with Crippen LogP contribution in [0.3, 0.4) is 0 Å². The van der Waals surface area contributed by atoms with E-state index < -0.39 is 34.5 Å². The van der Waals surface area contributed by atoms with Crippen molar-refractivity contribution in [2.24, 2.45) is 0 Å². The summed E-state index contributed by atoms with van der Waals surface area (Å²) in [6.45, 7) is 0. The smallest absolute Gasteiger partial charge is 0.273 e. The molecule has 1 fully saturated rings. The number of rotatable bonds is 8. The molecule has 0 spiro atoms. The van der Waals surface area contributed by atoms with E-state index in [1.54, 1.807) is 0 Å². The Bertz CT molecular complexity index is 1070. The molecule has 0 saturated carbocycles. The molecular formula is C22H19Cl2N3O6. The van der Waals surface area contributed by atoms with Gasteiger partial charge in [0.05, 0.1) is 4.92 Å². The molecule has 33 heavy (non-hydrogen) atoms. The van der Waals surface area contributed by atoms with Gasteiger partial charge in [-0.2, -0.15) is 5.01 Å². The minimum Gasteiger partial charge on any atom is -0.292 e. The molecule has 0 aliphatic carbocycles. The number of halogens is 2. The Morgan fingerprint density at radius 2 is 1.55 bits per heavy atom. The van der Waals surface area contributed by atoms with Crippen LogP contribution in [0.25, 0.3) is 0 Å². The predicted molar refractivity (Wildman–Crippen MR) is 120 cm³/mol. The number of hydrogen-bond donors (Lipinski definition) is 0. The van der Waals surface area contributed by atoms with Gasteiger partial charge in [-0.25, -0.2) is 5.01 Å². The number of ketones is 1. The molecule has 0 unspecified atom stereocenters. The molecule has 1 saturated heterocycles. The maximum atomic E-state index is 13.5. The van der Waals surface area contributed by atoms with Crippen LogP contribution in [0.2, 0.25) is 5.02 Å². The Kier molecular flexibility index (Phi) is 7.78. The van der Waals surface area contributed by atoms with Gasteiger partial charge < -0.3 is 0 Å². The summed E-state index contributed by atoms with van der Waals surface area (Å²) in [6, 6.07) is 9.36. The fraction of sp³-hybridized carbons (Fsp3) is 0.273. The van der Waals surface area contributed by atoms with Gasteiger partial charge >= 0.3 is 0 Å². The third kappa shape index (κ3) is 5.37. The molecule has 172 valence electrons. The van der Waals surface area contributed by atoms with Crippen LogP contribution < -0.4 is 0 Å². The minimum absolute atomic E-state index is 0.0263. The van der Waals surface area contributed by atoms with Crippen molar-refractivity contribution in [1.29, 1.82) is 0 Å². The predicted octanol–water partition coefficient (Wildman–Crippen LogP) is 4.02. The number of alkyl halides is 1. The van der Waals surface area contributed by atoms with Crippen LogP contribution >= 0.6 is 23.2 Å². The van der Waals surface area contributed by atoms with Gasteiger partial charge in [0.2, 0.25) is 11.8 Å². The number of carbonyl (C=O) groups excluding carboxylic acids is 4. The monoisotopic (exact) mass is 491 g/mol. The van der Waals surface area contributed by atoms with E-state index in [0.717, 1.165) is 17.1 Å². The SMILES string of the molecule is O=C(c1ccc(Cl)cc1)[C@@H](CCCl)N(C(=O)c1ccc([N+](=O)[O-])cc1)N1C(=O)CCCC1=O. The zero-order chi connectivity index (χ0) is 24.1. The van der Waals surface area contributed by atoms with Crippen LogP contribution in [0, 0.1) is 10.1 Å². The number of nitro groups is 1. The molecule has 1 atom stereocenters. The molecule has 1 heterocycles. The van der Waals surface area contributed by atoms with Crippen molar-refractivity contribution in [3.63, 3.8) is 0 Å². The Morgan fingerprint density at radius 3 is 2.06 bits per heavy atom. The van der Waals surface area contributed by atoms with Gasteiger partial charge in [0, 0.05) is 47.0 Å². The van der Waals surface area contributed by atoms with Gasteiger partial charge in [-0.1, -0.05) is 11.6 Å². The van der Waals surface area contributed by atoms with Crippen LogP contribution in [-0.2, 0) is 9.59 Å². The summed E-state index contributed by atoms with van der Waals surface area (Å²) >= 11 is 11.8. The molecule has 0 bridgehead atoms. The number of piperidine rings is 1. The number of nitrogens with zero attached hydrogens (tertiary/aromatic N) is 3. The maximum Gasteiger partial charge on any atom is 0.273 e. The summed E-state index contributed by atoms with van der Waals surface area (Å²) in [7, 11) is 0. The lowest BCUT2D eigenvalue weighted by Crippen LogP contribution is -2.60. The summed E-state index contributed by atoms with van der Waals surface area (Å²) in [5, 5.41) is 12.9. The van der Waals surface area contributed by atoms with Gasteiger partial charge in [0.15, 0.2) is 5.78 Å². The topological polar surface area (TPSA) is 118 Å². The second kappa shape index (κ2) is 10.5. The Morgan fingerprint density at radius 1 is 1.00 bits per heavy atom. The first-order valence-electron chi connectivity index (χ1n) is 10.0. The van der Waals surface area contributed by atoms with Gasteiger partial charge in [-0.05, 0) is 49.2 Å². The van der Waals surface area contributed by atoms with Crippen LogP contribution in [0.4, 0.5) is 5.69 Å². The van der Waals surface area contributed by atoms with Crippen molar-refractivity contribution in [3.8, 4) is 0 Å². The standard InChI is InChI=1S/C22H19Cl2N3O6/c23-13-12-18(21(30)14-4-8-16(24)9-5-14)25(26-19(28)2-1-3-20(26)29)22(31)15-6-10-17(11-7-15)27(32)33/h4-11,18H,1-3,12-13H2/t18-/m1/s1. The Balaban J connectivity index is 2.08. The quantitative estimate of drug-likeness (QED) is 0.181. The van der Waals surface area contributed by atoms with E-state index in [4.69, 9.17) is 23.2 Å². The van der Waals surface area contributed by atoms with Crippen LogP contribution in [-0.4, -0.2) is 50.4 Å². The normalized spacial score (nSPS) is 14.7. The van der Waals surface area contributed by atoms with Gasteiger partial charge in [-0.3, -0.25) is 29.3 Å². The lowest BCUT2D eigenvalue weighted by Gasteiger charge is -2.39. The van der Waals surface area contributed by atoms with Crippen molar-refractivity contribution in [3.05, 3.63) is 74.8 Å². The highest BCUT2D eigenvalue weighted by Crippen LogP contribution is 2.25. The van der Waals surface area contributed by atoms with E-state index in [2.05, 4.69) is 0 Å². The highest BCUT2D eigenvalue weighted by Gasteiger charge is 2.41. The molecule has 0 radical (unpaired) electrons. The summed E-state index contributed by atoms with van der Waals surface area (Å²) in [6.07, 6.45) is 0.342. The summed E-state index contributed by atoms with van der Waals surface area (Å²) in [5.74, 6) is -2.64. The second-order valence-corrected chi connectivity index (χ2v) is 8.09. The Labute approximate surface area is 199 Å². The highest BCUT2D eigenvalue weighted by molar-refractivity contribution is 6.30. The van der Waals surface area contributed by atoms with Crippen LogP contribution in [0.15, 0.2) is 48.5 Å². The van der Waals surface area contributed by atoms with Crippen molar-refractivity contribution in [1.82, 2.24) is 10.0 Å². The maximum absolute atomic E-state index is 13.5. The molecule has 2 aromatic carbocycles. The lowest BCUT2D eigenvalue weighted by molar-refractivity contribution is -0.384. The number of non-ortho nitro benzene ring substituents is 1. The molecule has 0 aromatic heterocycles. The summed E-state index contributed by atoms with van der Waals surface area (Å²) in [5.41, 5.74) is -0.0547. The molecule has 9 nitrogen and oxygen atoms in total. The van der Waals surface area contributed by atoms with E-state index in [9.17, 15) is 29.3 Å². The fourth-order valence-corrected chi connectivity index (χ4v) is 3.82. The Hall–Kier alpha value is -3.30. The van der Waals surface area contributed by atoms with Crippen molar-refractivity contribution in [2.75, 3.05) is 5.88 Å². The third-order valence-electron chi connectivity index (χ3n) is 5.11. The van der Waals surface area contributed by atoms with Crippen LogP contribution in [0.5, 0.6) is 0 Å². The van der Waals surface area contributed by atoms with Crippen molar-refractivity contribution < 1.29 is 24.1 Å². The number of carbonyl (C=O) groups is 4. The highest BCUT2D eigenvalue weighted by atomic mass is 35.5. The first kappa shape index (κ1) is 24.3. The molecule has 1 aliphatic heterocycles. The average Bonchev–Trinajstić information content (AvgIpc) is 2.80. The number of Topliss-reactive ketones (excluding diaryl/α,β-unsaturated/α-hetero) is 1. The first-order valence-corrected chi connectivity index (χ1v) is 10.9. The third-order valence-corrected chi connectivity index (χ3v) is 5.58. The number of hydrogen-bond acceptors (Lipinski definition) is 6. The van der Waals surface area contributed by atoms with E-state index >= 15 is 0 Å². The van der Waals surface area contributed by atoms with E-state index in [-0.39, 0.29) is 42.0 Å². The van der Waals surface area contributed by atoms with E-state index in [1.165, 1.54) is 36.4 Å². The zero-order valence-corrected chi connectivity index (χ0v) is 18.8. The van der Waals surface area contributed by atoms with Crippen molar-refractivity contribution in [2.45, 2.75) is 31.7 Å². The van der Waals surface area contributed by atoms with Crippen LogP contribution in [0.1, 0.15) is 46.4 Å². The molecule has 2 aromatic rings. The first-order chi connectivity index (χ1) is 15.7. The molecule has 3 rings (SSSR count). The molecular weight excluding hydrogens is 473 g/mol. The number of imide groups is 1. The molecule has 1 aliphatic rings. The molecule has 3 amide bonds. The molecule has 11 heteroatoms. The average molecular weight is 492 g/mol. The van der Waals surface area contributed by atoms with Crippen molar-refractivity contribution >= 4 is 52.4 Å². The largest absolute Gasteiger partial charge is 0.292 e. The number of benzene rings is 2. The second-order valence-electron chi connectivity index (χ2n) is 7.27. The van der Waals surface area contributed by atoms with E-state index in [0.29, 0.717) is 16.5 Å². The van der Waals surface area contributed by atoms with Gasteiger partial charge in [0.1, 0.15) is 6.04 Å². The number of nitro benzene ring substituents is 1. The van der Waals surface area contributed by atoms with Gasteiger partial charge in [0.25, 0.3) is 11.6 Å². The minimum atomic E-state index is -1.27. The number of amides is 3. The van der Waals surface area contributed by atoms with E-state index in [1.807, 2.05) is 0 Å². The summed E-state index contributed by atoms with van der Waals surface area (Å²) in [4.78, 5) is 62.6.